The summed E-state index contributed by atoms with van der Waals surface area (Å²) in [5, 5.41) is 3.23. The molecule has 0 bridgehead atoms. The Balaban J connectivity index is 1.74. The Morgan fingerprint density at radius 1 is 1.07 bits per heavy atom. The number of alkyl halides is 3. The molecule has 146 valence electrons. The monoisotopic (exact) mass is 392 g/mol. The van der Waals surface area contributed by atoms with Crippen LogP contribution in [-0.4, -0.2) is 29.9 Å². The van der Waals surface area contributed by atoms with Crippen LogP contribution < -0.4 is 10.1 Å². The second kappa shape index (κ2) is 7.63. The van der Waals surface area contributed by atoms with Crippen molar-refractivity contribution in [1.82, 2.24) is 4.57 Å². The number of esters is 1. The average molecular weight is 392 g/mol. The van der Waals surface area contributed by atoms with Gasteiger partial charge in [-0.2, -0.15) is 0 Å². The molecule has 0 aliphatic rings. The molecule has 1 N–H and O–H groups in total. The van der Waals surface area contributed by atoms with Gasteiger partial charge in [0.25, 0.3) is 0 Å². The number of para-hydroxylation sites is 1. The number of halogens is 3. The maximum absolute atomic E-state index is 12.3. The first-order valence-electron chi connectivity index (χ1n) is 8.08. The molecule has 1 aromatic heterocycles. The van der Waals surface area contributed by atoms with Crippen molar-refractivity contribution in [3.63, 3.8) is 0 Å². The van der Waals surface area contributed by atoms with Gasteiger partial charge in [-0.25, -0.2) is 4.79 Å². The number of anilines is 1. The van der Waals surface area contributed by atoms with Gasteiger partial charge < -0.3 is 19.4 Å². The highest BCUT2D eigenvalue weighted by atomic mass is 19.4. The molecule has 0 unspecified atom stereocenters. The molecule has 0 fully saturated rings. The zero-order valence-corrected chi connectivity index (χ0v) is 14.6. The summed E-state index contributed by atoms with van der Waals surface area (Å²) in [5.74, 6) is -1.32. The molecule has 3 aromatic rings. The molecular weight excluding hydrogens is 377 g/mol. The van der Waals surface area contributed by atoms with Crippen molar-refractivity contribution >= 4 is 28.5 Å². The molecule has 1 heterocycles. The first-order valence-corrected chi connectivity index (χ1v) is 8.08. The van der Waals surface area contributed by atoms with Gasteiger partial charge >= 0.3 is 12.3 Å². The summed E-state index contributed by atoms with van der Waals surface area (Å²) in [7, 11) is 1.27. The Labute approximate surface area is 157 Å². The smallest absolute Gasteiger partial charge is 0.465 e. The zero-order chi connectivity index (χ0) is 20.3. The van der Waals surface area contributed by atoms with Crippen molar-refractivity contribution in [3.8, 4) is 5.75 Å². The minimum Gasteiger partial charge on any atom is -0.465 e. The normalized spacial score (nSPS) is 11.3. The molecule has 0 saturated heterocycles. The molecule has 6 nitrogen and oxygen atoms in total. The number of hydrogen-bond donors (Lipinski definition) is 1. The summed E-state index contributed by atoms with van der Waals surface area (Å²) in [6.45, 7) is -0.0989. The summed E-state index contributed by atoms with van der Waals surface area (Å²) in [4.78, 5) is 24.2. The molecule has 2 aromatic carbocycles. The lowest BCUT2D eigenvalue weighted by Crippen LogP contribution is -2.19. The van der Waals surface area contributed by atoms with Gasteiger partial charge in [0.15, 0.2) is 0 Å². The van der Waals surface area contributed by atoms with Gasteiger partial charge in [0.05, 0.1) is 12.7 Å². The number of carbonyl (C=O) groups is 2. The van der Waals surface area contributed by atoms with E-state index in [0.29, 0.717) is 22.2 Å². The summed E-state index contributed by atoms with van der Waals surface area (Å²) in [6.07, 6.45) is -3.26. The van der Waals surface area contributed by atoms with Gasteiger partial charge in [0.1, 0.15) is 12.3 Å². The number of rotatable bonds is 5. The van der Waals surface area contributed by atoms with Crippen molar-refractivity contribution < 1.29 is 32.2 Å². The van der Waals surface area contributed by atoms with Gasteiger partial charge in [-0.1, -0.05) is 18.2 Å². The van der Waals surface area contributed by atoms with Gasteiger partial charge in [0.2, 0.25) is 5.91 Å². The van der Waals surface area contributed by atoms with Crippen LogP contribution in [0.1, 0.15) is 10.4 Å². The Hall–Kier alpha value is -3.49. The summed E-state index contributed by atoms with van der Waals surface area (Å²) < 4.78 is 46.7. The highest BCUT2D eigenvalue weighted by Gasteiger charge is 2.31. The average Bonchev–Trinajstić information content (AvgIpc) is 3.00. The lowest BCUT2D eigenvalue weighted by Gasteiger charge is -2.10. The zero-order valence-electron chi connectivity index (χ0n) is 14.6. The molecule has 0 aliphatic heterocycles. The van der Waals surface area contributed by atoms with E-state index in [9.17, 15) is 22.8 Å². The SMILES string of the molecule is COC(=O)c1cn(CC(=O)Nc2ccc(OC(F)(F)F)cc2)c2ccccc12. The van der Waals surface area contributed by atoms with Crippen LogP contribution in [0.2, 0.25) is 0 Å². The van der Waals surface area contributed by atoms with E-state index in [0.717, 1.165) is 12.1 Å². The quantitative estimate of drug-likeness (QED) is 0.668. The van der Waals surface area contributed by atoms with Crippen molar-refractivity contribution in [2.75, 3.05) is 12.4 Å². The number of benzene rings is 2. The molecule has 0 atom stereocenters. The minimum absolute atomic E-state index is 0.0989. The molecular formula is C19H15F3N2O4. The van der Waals surface area contributed by atoms with E-state index in [4.69, 9.17) is 4.74 Å². The van der Waals surface area contributed by atoms with Crippen LogP contribution in [0.15, 0.2) is 54.7 Å². The molecule has 1 amide bonds. The van der Waals surface area contributed by atoms with Crippen LogP contribution in [0.25, 0.3) is 10.9 Å². The summed E-state index contributed by atoms with van der Waals surface area (Å²) in [5.41, 5.74) is 1.32. The third-order valence-corrected chi connectivity index (χ3v) is 3.88. The number of nitrogens with zero attached hydrogens (tertiary/aromatic N) is 1. The fourth-order valence-electron chi connectivity index (χ4n) is 2.75. The number of amides is 1. The molecule has 0 saturated carbocycles. The minimum atomic E-state index is -4.78. The van der Waals surface area contributed by atoms with Gasteiger partial charge in [-0.3, -0.25) is 4.79 Å². The van der Waals surface area contributed by atoms with Gasteiger partial charge in [0, 0.05) is 22.8 Å². The first-order chi connectivity index (χ1) is 13.3. The fraction of sp³-hybridized carbons (Fsp3) is 0.158. The molecule has 0 spiro atoms. The maximum atomic E-state index is 12.3. The largest absolute Gasteiger partial charge is 0.573 e. The van der Waals surface area contributed by atoms with Gasteiger partial charge in [-0.15, -0.1) is 13.2 Å². The second-order valence-corrected chi connectivity index (χ2v) is 5.80. The van der Waals surface area contributed by atoms with Crippen LogP contribution in [0, 0.1) is 0 Å². The number of nitrogens with one attached hydrogen (secondary N) is 1. The van der Waals surface area contributed by atoms with E-state index in [1.54, 1.807) is 28.8 Å². The Bertz CT molecular complexity index is 1010. The van der Waals surface area contributed by atoms with E-state index >= 15 is 0 Å². The molecule has 0 aliphatic carbocycles. The van der Waals surface area contributed by atoms with Gasteiger partial charge in [-0.05, 0) is 30.3 Å². The highest BCUT2D eigenvalue weighted by molar-refractivity contribution is 6.04. The van der Waals surface area contributed by atoms with Crippen molar-refractivity contribution in [2.45, 2.75) is 12.9 Å². The number of carbonyl (C=O) groups excluding carboxylic acids is 2. The number of ether oxygens (including phenoxy) is 2. The number of methoxy groups -OCH3 is 1. The summed E-state index contributed by atoms with van der Waals surface area (Å²) in [6, 6.07) is 11.8. The summed E-state index contributed by atoms with van der Waals surface area (Å²) >= 11 is 0. The third kappa shape index (κ3) is 4.43. The Morgan fingerprint density at radius 2 is 1.75 bits per heavy atom. The lowest BCUT2D eigenvalue weighted by molar-refractivity contribution is -0.274. The van der Waals surface area contributed by atoms with E-state index in [1.807, 2.05) is 0 Å². The maximum Gasteiger partial charge on any atom is 0.573 e. The third-order valence-electron chi connectivity index (χ3n) is 3.88. The van der Waals surface area contributed by atoms with E-state index in [-0.39, 0.29) is 12.3 Å². The van der Waals surface area contributed by atoms with Crippen molar-refractivity contribution in [1.29, 1.82) is 0 Å². The molecule has 0 radical (unpaired) electrons. The second-order valence-electron chi connectivity index (χ2n) is 5.80. The highest BCUT2D eigenvalue weighted by Crippen LogP contribution is 2.25. The lowest BCUT2D eigenvalue weighted by atomic mass is 10.2. The Morgan fingerprint density at radius 3 is 2.39 bits per heavy atom. The van der Waals surface area contributed by atoms with Crippen LogP contribution in [0.5, 0.6) is 5.75 Å². The van der Waals surface area contributed by atoms with Crippen LogP contribution >= 0.6 is 0 Å². The van der Waals surface area contributed by atoms with Crippen LogP contribution in [0.3, 0.4) is 0 Å². The van der Waals surface area contributed by atoms with E-state index in [1.165, 1.54) is 25.4 Å². The predicted molar refractivity (Wildman–Crippen MR) is 95.0 cm³/mol. The van der Waals surface area contributed by atoms with Crippen molar-refractivity contribution in [3.05, 3.63) is 60.3 Å². The number of aromatic nitrogens is 1. The Kier molecular flexibility index (Phi) is 5.25. The van der Waals surface area contributed by atoms with Crippen LogP contribution in [-0.2, 0) is 16.1 Å². The van der Waals surface area contributed by atoms with E-state index in [2.05, 4.69) is 10.1 Å². The molecule has 28 heavy (non-hydrogen) atoms. The number of hydrogen-bond acceptors (Lipinski definition) is 4. The first kappa shape index (κ1) is 19.3. The van der Waals surface area contributed by atoms with E-state index < -0.39 is 18.2 Å². The number of fused-ring (bicyclic) bond motifs is 1. The van der Waals surface area contributed by atoms with Crippen LogP contribution in [0.4, 0.5) is 18.9 Å². The molecule has 3 rings (SSSR count). The topological polar surface area (TPSA) is 69.6 Å². The fourth-order valence-corrected chi connectivity index (χ4v) is 2.75. The predicted octanol–water partition coefficient (Wildman–Crippen LogP) is 3.97. The molecule has 9 heteroatoms. The van der Waals surface area contributed by atoms with Crippen molar-refractivity contribution in [2.24, 2.45) is 0 Å². The standard InChI is InChI=1S/C19H15F3N2O4/c1-27-18(26)15-10-24(16-5-3-2-4-14(15)16)11-17(25)23-12-6-8-13(9-7-12)28-19(20,21)22/h2-10H,11H2,1H3,(H,23,25).